The van der Waals surface area contributed by atoms with Crippen LogP contribution in [0, 0.1) is 5.82 Å². The number of nitrogen functional groups attached to an aromatic ring is 1. The normalized spacial score (nSPS) is 10.2. The number of hydrogen-bond donors (Lipinski definition) is 2. The van der Waals surface area contributed by atoms with Crippen molar-refractivity contribution in [2.75, 3.05) is 29.0 Å². The predicted octanol–water partition coefficient (Wildman–Crippen LogP) is 2.87. The van der Waals surface area contributed by atoms with E-state index in [1.54, 1.807) is 41.3 Å². The molecule has 21 heavy (non-hydrogen) atoms. The molecule has 0 aliphatic rings. The van der Waals surface area contributed by atoms with Crippen LogP contribution in [-0.2, 0) is 4.79 Å². The molecule has 0 aliphatic heterocycles. The summed E-state index contributed by atoms with van der Waals surface area (Å²) in [6, 6.07) is 13.2. The van der Waals surface area contributed by atoms with E-state index < -0.39 is 0 Å². The highest BCUT2D eigenvalue weighted by atomic mass is 19.1. The van der Waals surface area contributed by atoms with Gasteiger partial charge in [0.05, 0.1) is 6.54 Å². The van der Waals surface area contributed by atoms with Crippen LogP contribution in [0.4, 0.5) is 21.5 Å². The summed E-state index contributed by atoms with van der Waals surface area (Å²) < 4.78 is 13.3. The molecule has 0 heterocycles. The topological polar surface area (TPSA) is 58.4 Å². The molecule has 0 aromatic heterocycles. The van der Waals surface area contributed by atoms with Crippen molar-refractivity contribution in [3.63, 3.8) is 0 Å². The Morgan fingerprint density at radius 1 is 1.24 bits per heavy atom. The van der Waals surface area contributed by atoms with Gasteiger partial charge >= 0.3 is 0 Å². The van der Waals surface area contributed by atoms with Crippen molar-refractivity contribution in [1.82, 2.24) is 0 Å². The second-order valence-corrected chi connectivity index (χ2v) is 4.67. The zero-order valence-electron chi connectivity index (χ0n) is 11.8. The monoisotopic (exact) mass is 287 g/mol. The van der Waals surface area contributed by atoms with Crippen LogP contribution in [0.5, 0.6) is 0 Å². The number of benzene rings is 2. The highest BCUT2D eigenvalue weighted by molar-refractivity contribution is 5.94. The number of halogens is 1. The van der Waals surface area contributed by atoms with Crippen molar-refractivity contribution in [3.8, 4) is 0 Å². The maximum Gasteiger partial charge on any atom is 0.243 e. The summed E-state index contributed by atoms with van der Waals surface area (Å²) in [5.41, 5.74) is 7.58. The van der Waals surface area contributed by atoms with E-state index in [4.69, 9.17) is 5.73 Å². The molecule has 2 aromatic carbocycles. The molecule has 0 bridgehead atoms. The number of nitrogens with one attached hydrogen (secondary N) is 1. The fraction of sp³-hybridized carbons (Fsp3) is 0.188. The minimum absolute atomic E-state index is 0.148. The van der Waals surface area contributed by atoms with E-state index in [-0.39, 0.29) is 18.3 Å². The first-order valence-corrected chi connectivity index (χ1v) is 6.74. The number of carbonyl (C=O) groups excluding carboxylic acids is 1. The highest BCUT2D eigenvalue weighted by Gasteiger charge is 2.11. The number of carbonyl (C=O) groups is 1. The van der Waals surface area contributed by atoms with E-state index in [2.05, 4.69) is 5.32 Å². The highest BCUT2D eigenvalue weighted by Crippen LogP contribution is 2.16. The van der Waals surface area contributed by atoms with Gasteiger partial charge in [-0.25, -0.2) is 4.39 Å². The molecule has 110 valence electrons. The summed E-state index contributed by atoms with van der Waals surface area (Å²) >= 11 is 0. The lowest BCUT2D eigenvalue weighted by atomic mass is 10.2. The first-order valence-electron chi connectivity index (χ1n) is 6.74. The summed E-state index contributed by atoms with van der Waals surface area (Å²) in [6.45, 7) is 2.67. The Kier molecular flexibility index (Phi) is 4.77. The quantitative estimate of drug-likeness (QED) is 0.831. The van der Waals surface area contributed by atoms with Gasteiger partial charge in [0.2, 0.25) is 5.91 Å². The molecule has 1 amide bonds. The van der Waals surface area contributed by atoms with E-state index in [1.165, 1.54) is 12.1 Å². The maximum atomic E-state index is 13.3. The van der Waals surface area contributed by atoms with Crippen LogP contribution in [0.1, 0.15) is 6.92 Å². The second-order valence-electron chi connectivity index (χ2n) is 4.67. The zero-order chi connectivity index (χ0) is 15.2. The number of amides is 1. The molecule has 4 nitrogen and oxygen atoms in total. The van der Waals surface area contributed by atoms with Crippen LogP contribution in [0.25, 0.3) is 0 Å². The molecule has 0 aliphatic carbocycles. The number of hydrogen-bond acceptors (Lipinski definition) is 3. The van der Waals surface area contributed by atoms with Crippen molar-refractivity contribution in [2.24, 2.45) is 0 Å². The fourth-order valence-corrected chi connectivity index (χ4v) is 2.05. The smallest absolute Gasteiger partial charge is 0.243 e. The maximum absolute atomic E-state index is 13.3. The molecule has 0 radical (unpaired) electrons. The minimum atomic E-state index is -0.317. The third-order valence-corrected chi connectivity index (χ3v) is 3.06. The van der Waals surface area contributed by atoms with E-state index in [0.717, 1.165) is 0 Å². The summed E-state index contributed by atoms with van der Waals surface area (Å²) in [6.07, 6.45) is 0. The van der Waals surface area contributed by atoms with Gasteiger partial charge in [-0.2, -0.15) is 0 Å². The standard InChI is InChI=1S/C16H18FN3O/c1-2-20(15-8-3-5-12(17)9-15)11-16(21)19-14-7-4-6-13(18)10-14/h3-10H,2,11,18H2,1H3,(H,19,21). The Hall–Kier alpha value is -2.56. The van der Waals surface area contributed by atoms with Crippen molar-refractivity contribution in [3.05, 3.63) is 54.3 Å². The summed E-state index contributed by atoms with van der Waals surface area (Å²) in [5.74, 6) is -0.492. The molecule has 0 spiro atoms. The molecule has 0 atom stereocenters. The Balaban J connectivity index is 2.03. The lowest BCUT2D eigenvalue weighted by molar-refractivity contribution is -0.115. The number of anilines is 3. The summed E-state index contributed by atoms with van der Waals surface area (Å²) in [4.78, 5) is 13.9. The lowest BCUT2D eigenvalue weighted by Crippen LogP contribution is -2.33. The van der Waals surface area contributed by atoms with E-state index >= 15 is 0 Å². The molecule has 0 saturated heterocycles. The molecular formula is C16H18FN3O. The predicted molar refractivity (Wildman–Crippen MR) is 83.8 cm³/mol. The van der Waals surface area contributed by atoms with Crippen LogP contribution < -0.4 is 16.0 Å². The number of nitrogens with zero attached hydrogens (tertiary/aromatic N) is 1. The zero-order valence-corrected chi connectivity index (χ0v) is 11.8. The van der Waals surface area contributed by atoms with Gasteiger partial charge in [0.1, 0.15) is 5.82 Å². The van der Waals surface area contributed by atoms with Crippen molar-refractivity contribution < 1.29 is 9.18 Å². The van der Waals surface area contributed by atoms with E-state index in [1.807, 2.05) is 6.92 Å². The van der Waals surface area contributed by atoms with Crippen LogP contribution in [0.3, 0.4) is 0 Å². The Bertz CT molecular complexity index is 630. The number of rotatable bonds is 5. The van der Waals surface area contributed by atoms with Crippen LogP contribution >= 0.6 is 0 Å². The first-order chi connectivity index (χ1) is 10.1. The molecule has 0 saturated carbocycles. The van der Waals surface area contributed by atoms with Gasteiger partial charge in [-0.05, 0) is 43.3 Å². The number of nitrogens with two attached hydrogens (primary N) is 1. The van der Waals surface area contributed by atoms with Crippen LogP contribution in [-0.4, -0.2) is 19.0 Å². The van der Waals surface area contributed by atoms with Crippen LogP contribution in [0.2, 0.25) is 0 Å². The van der Waals surface area contributed by atoms with Gasteiger partial charge in [0.15, 0.2) is 0 Å². The Labute approximate surface area is 123 Å². The third kappa shape index (κ3) is 4.21. The lowest BCUT2D eigenvalue weighted by Gasteiger charge is -2.22. The minimum Gasteiger partial charge on any atom is -0.399 e. The van der Waals surface area contributed by atoms with E-state index in [0.29, 0.717) is 23.6 Å². The van der Waals surface area contributed by atoms with Crippen molar-refractivity contribution >= 4 is 23.0 Å². The largest absolute Gasteiger partial charge is 0.399 e. The van der Waals surface area contributed by atoms with E-state index in [9.17, 15) is 9.18 Å². The SMILES string of the molecule is CCN(CC(=O)Nc1cccc(N)c1)c1cccc(F)c1. The van der Waals surface area contributed by atoms with Gasteiger partial charge < -0.3 is 16.0 Å². The Morgan fingerprint density at radius 2 is 2.00 bits per heavy atom. The third-order valence-electron chi connectivity index (χ3n) is 3.06. The van der Waals surface area contributed by atoms with Gasteiger partial charge in [0.25, 0.3) is 0 Å². The summed E-state index contributed by atoms with van der Waals surface area (Å²) in [5, 5.41) is 2.78. The van der Waals surface area contributed by atoms with Crippen molar-refractivity contribution in [1.29, 1.82) is 0 Å². The molecule has 5 heteroatoms. The number of likely N-dealkylation sites (N-methyl/N-ethyl adjacent to an activating group) is 1. The van der Waals surface area contributed by atoms with Gasteiger partial charge in [0, 0.05) is 23.6 Å². The first kappa shape index (κ1) is 14.8. The average Bonchev–Trinajstić information content (AvgIpc) is 2.44. The molecule has 2 aromatic rings. The van der Waals surface area contributed by atoms with Gasteiger partial charge in [-0.3, -0.25) is 4.79 Å². The summed E-state index contributed by atoms with van der Waals surface area (Å²) in [7, 11) is 0. The van der Waals surface area contributed by atoms with Crippen LogP contribution in [0.15, 0.2) is 48.5 Å². The molecule has 0 unspecified atom stereocenters. The second kappa shape index (κ2) is 6.74. The van der Waals surface area contributed by atoms with Crippen molar-refractivity contribution in [2.45, 2.75) is 6.92 Å². The molecular weight excluding hydrogens is 269 g/mol. The fourth-order valence-electron chi connectivity index (χ4n) is 2.05. The molecule has 2 rings (SSSR count). The molecule has 3 N–H and O–H groups in total. The average molecular weight is 287 g/mol. The molecule has 0 fully saturated rings. The van der Waals surface area contributed by atoms with Gasteiger partial charge in [-0.15, -0.1) is 0 Å². The Morgan fingerprint density at radius 3 is 2.67 bits per heavy atom. The van der Waals surface area contributed by atoms with Gasteiger partial charge in [-0.1, -0.05) is 12.1 Å².